The minimum absolute atomic E-state index is 0.114. The van der Waals surface area contributed by atoms with E-state index in [-0.39, 0.29) is 17.4 Å². The summed E-state index contributed by atoms with van der Waals surface area (Å²) in [6.07, 6.45) is 1.71. The smallest absolute Gasteiger partial charge is 0.326 e. The molecule has 1 heterocycles. The minimum atomic E-state index is -1.09. The van der Waals surface area contributed by atoms with Crippen molar-refractivity contribution in [2.75, 3.05) is 0 Å². The monoisotopic (exact) mass is 342 g/mol. The van der Waals surface area contributed by atoms with E-state index in [2.05, 4.69) is 5.32 Å². The van der Waals surface area contributed by atoms with Crippen LogP contribution in [0.15, 0.2) is 23.1 Å². The van der Waals surface area contributed by atoms with Crippen molar-refractivity contribution in [3.63, 3.8) is 0 Å². The Labute approximate surface area is 140 Å². The van der Waals surface area contributed by atoms with Crippen LogP contribution in [0.2, 0.25) is 5.02 Å². The average molecular weight is 343 g/mol. The van der Waals surface area contributed by atoms with Crippen LogP contribution in [0.25, 0.3) is 0 Å². The summed E-state index contributed by atoms with van der Waals surface area (Å²) >= 11 is 5.91. The zero-order valence-corrected chi connectivity index (χ0v) is 14.5. The average Bonchev–Trinajstić information content (AvgIpc) is 2.41. The van der Waals surface area contributed by atoms with Gasteiger partial charge >= 0.3 is 5.97 Å². The minimum Gasteiger partial charge on any atom is -0.480 e. The summed E-state index contributed by atoms with van der Waals surface area (Å²) in [7, 11) is 0. The first-order chi connectivity index (χ1) is 10.6. The number of aliphatic carboxylic acids is 1. The standard InChI is InChI=1S/C16H23ClN2O4/c1-9(2)7-12(16(22)23)18-15(21)14(10(3)4)19-8-11(17)5-6-13(19)20/h5-6,8-10,12,14H,7H2,1-4H3,(H,18,21)(H,22,23). The van der Waals surface area contributed by atoms with Gasteiger partial charge < -0.3 is 15.0 Å². The number of carboxylic acid groups (broad SMARTS) is 1. The molecule has 2 unspecified atom stereocenters. The van der Waals surface area contributed by atoms with Crippen LogP contribution in [0, 0.1) is 11.8 Å². The zero-order valence-electron chi connectivity index (χ0n) is 13.7. The van der Waals surface area contributed by atoms with Crippen LogP contribution < -0.4 is 10.9 Å². The van der Waals surface area contributed by atoms with Gasteiger partial charge in [-0.15, -0.1) is 0 Å². The van der Waals surface area contributed by atoms with Crippen LogP contribution in [0.5, 0.6) is 0 Å². The van der Waals surface area contributed by atoms with Gasteiger partial charge in [-0.1, -0.05) is 39.3 Å². The maximum Gasteiger partial charge on any atom is 0.326 e. The molecule has 1 aromatic rings. The molecule has 0 aromatic carbocycles. The van der Waals surface area contributed by atoms with E-state index in [1.807, 2.05) is 13.8 Å². The highest BCUT2D eigenvalue weighted by molar-refractivity contribution is 6.30. The molecule has 0 saturated heterocycles. The summed E-state index contributed by atoms with van der Waals surface area (Å²) in [5.41, 5.74) is -0.362. The Hall–Kier alpha value is -1.82. The van der Waals surface area contributed by atoms with E-state index in [1.165, 1.54) is 22.9 Å². The number of nitrogens with zero attached hydrogens (tertiary/aromatic N) is 1. The van der Waals surface area contributed by atoms with Crippen molar-refractivity contribution in [2.45, 2.75) is 46.2 Å². The second kappa shape index (κ2) is 8.15. The number of pyridine rings is 1. The van der Waals surface area contributed by atoms with Crippen LogP contribution in [0.3, 0.4) is 0 Å². The molecule has 0 aliphatic heterocycles. The highest BCUT2D eigenvalue weighted by Gasteiger charge is 2.29. The molecule has 0 saturated carbocycles. The number of hydrogen-bond donors (Lipinski definition) is 2. The van der Waals surface area contributed by atoms with Gasteiger partial charge in [0.15, 0.2) is 0 Å². The molecule has 2 atom stereocenters. The van der Waals surface area contributed by atoms with Crippen molar-refractivity contribution in [1.82, 2.24) is 9.88 Å². The van der Waals surface area contributed by atoms with Crippen molar-refractivity contribution >= 4 is 23.5 Å². The van der Waals surface area contributed by atoms with E-state index < -0.39 is 24.0 Å². The van der Waals surface area contributed by atoms with E-state index >= 15 is 0 Å². The molecular weight excluding hydrogens is 320 g/mol. The van der Waals surface area contributed by atoms with E-state index in [0.29, 0.717) is 11.4 Å². The van der Waals surface area contributed by atoms with E-state index in [4.69, 9.17) is 11.6 Å². The Balaban J connectivity index is 3.10. The van der Waals surface area contributed by atoms with Crippen molar-refractivity contribution in [1.29, 1.82) is 0 Å². The van der Waals surface area contributed by atoms with E-state index in [1.54, 1.807) is 13.8 Å². The van der Waals surface area contributed by atoms with E-state index in [0.717, 1.165) is 0 Å². The van der Waals surface area contributed by atoms with Crippen molar-refractivity contribution in [3.05, 3.63) is 33.7 Å². The van der Waals surface area contributed by atoms with Gasteiger partial charge in [0, 0.05) is 12.3 Å². The largest absolute Gasteiger partial charge is 0.480 e. The van der Waals surface area contributed by atoms with E-state index in [9.17, 15) is 19.5 Å². The summed E-state index contributed by atoms with van der Waals surface area (Å²) < 4.78 is 1.25. The van der Waals surface area contributed by atoms with Crippen LogP contribution in [-0.4, -0.2) is 27.6 Å². The molecule has 23 heavy (non-hydrogen) atoms. The van der Waals surface area contributed by atoms with Gasteiger partial charge in [-0.3, -0.25) is 9.59 Å². The summed E-state index contributed by atoms with van der Waals surface area (Å²) in [4.78, 5) is 35.9. The first kappa shape index (κ1) is 19.2. The molecule has 6 nitrogen and oxygen atoms in total. The third-order valence-corrected chi connectivity index (χ3v) is 3.65. The molecule has 0 aliphatic carbocycles. The van der Waals surface area contributed by atoms with Gasteiger partial charge in [-0.05, 0) is 24.3 Å². The number of hydrogen-bond acceptors (Lipinski definition) is 3. The highest BCUT2D eigenvalue weighted by Crippen LogP contribution is 2.19. The number of aromatic nitrogens is 1. The molecule has 0 aliphatic rings. The molecule has 0 bridgehead atoms. The quantitative estimate of drug-likeness (QED) is 0.795. The van der Waals surface area contributed by atoms with Gasteiger partial charge in [0.05, 0.1) is 5.02 Å². The molecule has 2 N–H and O–H groups in total. The molecule has 0 radical (unpaired) electrons. The van der Waals surface area contributed by atoms with Crippen LogP contribution >= 0.6 is 11.6 Å². The van der Waals surface area contributed by atoms with Gasteiger partial charge in [0.1, 0.15) is 12.1 Å². The third-order valence-electron chi connectivity index (χ3n) is 3.42. The topological polar surface area (TPSA) is 88.4 Å². The molecule has 0 spiro atoms. The van der Waals surface area contributed by atoms with Crippen molar-refractivity contribution < 1.29 is 14.7 Å². The van der Waals surface area contributed by atoms with Crippen LogP contribution in [0.4, 0.5) is 0 Å². The second-order valence-corrected chi connectivity index (χ2v) is 6.75. The van der Waals surface area contributed by atoms with Gasteiger partial charge in [-0.2, -0.15) is 0 Å². The zero-order chi connectivity index (χ0) is 17.7. The Kier molecular flexibility index (Phi) is 6.81. The fourth-order valence-corrected chi connectivity index (χ4v) is 2.56. The Morgan fingerprint density at radius 2 is 1.87 bits per heavy atom. The molecule has 1 rings (SSSR count). The van der Waals surface area contributed by atoms with Crippen LogP contribution in [-0.2, 0) is 9.59 Å². The highest BCUT2D eigenvalue weighted by atomic mass is 35.5. The van der Waals surface area contributed by atoms with Gasteiger partial charge in [0.2, 0.25) is 5.91 Å². The molecule has 128 valence electrons. The van der Waals surface area contributed by atoms with Crippen LogP contribution in [0.1, 0.15) is 40.2 Å². The summed E-state index contributed by atoms with van der Waals surface area (Å²) in [6.45, 7) is 7.33. The molecular formula is C16H23ClN2O4. The Morgan fingerprint density at radius 1 is 1.26 bits per heavy atom. The summed E-state index contributed by atoms with van der Waals surface area (Å²) in [6, 6.07) is 0.927. The normalized spacial score (nSPS) is 13.9. The number of carbonyl (C=O) groups is 2. The molecule has 7 heteroatoms. The number of amides is 1. The number of halogens is 1. The fourth-order valence-electron chi connectivity index (χ4n) is 2.39. The number of nitrogens with one attached hydrogen (secondary N) is 1. The lowest BCUT2D eigenvalue weighted by Gasteiger charge is -2.25. The second-order valence-electron chi connectivity index (χ2n) is 6.31. The Bertz CT molecular complexity index is 625. The number of rotatable bonds is 7. The lowest BCUT2D eigenvalue weighted by molar-refractivity contribution is -0.143. The first-order valence-electron chi connectivity index (χ1n) is 7.54. The molecule has 1 aromatic heterocycles. The maximum atomic E-state index is 12.6. The number of carbonyl (C=O) groups excluding carboxylic acids is 1. The Morgan fingerprint density at radius 3 is 2.35 bits per heavy atom. The summed E-state index contributed by atoms with van der Waals surface area (Å²) in [5, 5.41) is 12.1. The maximum absolute atomic E-state index is 12.6. The van der Waals surface area contributed by atoms with Gasteiger partial charge in [-0.25, -0.2) is 4.79 Å². The third kappa shape index (κ3) is 5.39. The van der Waals surface area contributed by atoms with Crippen molar-refractivity contribution in [2.24, 2.45) is 11.8 Å². The SMILES string of the molecule is CC(C)CC(NC(=O)C(C(C)C)n1cc(Cl)ccc1=O)C(=O)O. The first-order valence-corrected chi connectivity index (χ1v) is 7.92. The predicted molar refractivity (Wildman–Crippen MR) is 88.6 cm³/mol. The van der Waals surface area contributed by atoms with Gasteiger partial charge in [0.25, 0.3) is 5.56 Å². The predicted octanol–water partition coefficient (Wildman–Crippen LogP) is 2.31. The lowest BCUT2D eigenvalue weighted by atomic mass is 10.00. The number of carboxylic acids is 1. The summed E-state index contributed by atoms with van der Waals surface area (Å²) in [5.74, 6) is -1.69. The lowest BCUT2D eigenvalue weighted by Crippen LogP contribution is -2.47. The molecule has 1 amide bonds. The fraction of sp³-hybridized carbons (Fsp3) is 0.562. The van der Waals surface area contributed by atoms with Crippen molar-refractivity contribution in [3.8, 4) is 0 Å². The molecule has 0 fully saturated rings.